The molecule has 1 heterocycles. The highest BCUT2D eigenvalue weighted by Gasteiger charge is 2.38. The van der Waals surface area contributed by atoms with Gasteiger partial charge in [-0.25, -0.2) is 4.79 Å². The molecule has 0 aromatic heterocycles. The molecule has 7 nitrogen and oxygen atoms in total. The molecule has 112 valence electrons. The molecule has 1 N–H and O–H groups in total. The highest BCUT2D eigenvalue weighted by atomic mass is 16.6. The fraction of sp³-hybridized carbons (Fsp3) is 0.769. The van der Waals surface area contributed by atoms with Crippen molar-refractivity contribution >= 4 is 17.8 Å². The van der Waals surface area contributed by atoms with Crippen molar-refractivity contribution in [2.75, 3.05) is 26.8 Å². The minimum absolute atomic E-state index is 0.0778. The largest absolute Gasteiger partial charge is 0.481 e. The number of methoxy groups -OCH3 is 1. The molecule has 20 heavy (non-hydrogen) atoms. The topological polar surface area (TPSA) is 93.1 Å². The van der Waals surface area contributed by atoms with Crippen molar-refractivity contribution in [2.24, 2.45) is 11.8 Å². The third-order valence-corrected chi connectivity index (χ3v) is 3.97. The van der Waals surface area contributed by atoms with Crippen LogP contribution in [0.5, 0.6) is 0 Å². The number of carbonyl (C=O) groups excluding carboxylic acids is 2. The Morgan fingerprint density at radius 2 is 1.95 bits per heavy atom. The number of aliphatic carboxylic acids is 1. The lowest BCUT2D eigenvalue weighted by molar-refractivity contribution is -0.163. The summed E-state index contributed by atoms with van der Waals surface area (Å²) in [5.74, 6) is -2.09. The first kappa shape index (κ1) is 14.8. The van der Waals surface area contributed by atoms with Crippen molar-refractivity contribution in [1.82, 2.24) is 4.90 Å². The van der Waals surface area contributed by atoms with E-state index >= 15 is 0 Å². The van der Waals surface area contributed by atoms with Gasteiger partial charge in [-0.1, -0.05) is 0 Å². The molecule has 1 unspecified atom stereocenters. The van der Waals surface area contributed by atoms with E-state index in [0.717, 1.165) is 0 Å². The molecule has 0 spiro atoms. The van der Waals surface area contributed by atoms with Crippen LogP contribution in [0.4, 0.5) is 0 Å². The Bertz CT molecular complexity index is 410. The summed E-state index contributed by atoms with van der Waals surface area (Å²) in [5.41, 5.74) is 0. The van der Waals surface area contributed by atoms with E-state index in [1.54, 1.807) is 4.90 Å². The second-order valence-corrected chi connectivity index (χ2v) is 5.21. The van der Waals surface area contributed by atoms with Crippen molar-refractivity contribution in [1.29, 1.82) is 0 Å². The van der Waals surface area contributed by atoms with E-state index in [1.807, 2.05) is 0 Å². The molecular formula is C13H19NO6. The zero-order valence-corrected chi connectivity index (χ0v) is 11.4. The first-order valence-electron chi connectivity index (χ1n) is 6.74. The molecule has 0 aromatic carbocycles. The minimum atomic E-state index is -0.838. The third kappa shape index (κ3) is 3.09. The number of morpholine rings is 1. The smallest absolute Gasteiger partial charge is 0.336 e. The first-order valence-corrected chi connectivity index (χ1v) is 6.74. The minimum Gasteiger partial charge on any atom is -0.481 e. The number of carboxylic acid groups (broad SMARTS) is 1. The maximum Gasteiger partial charge on any atom is 0.336 e. The van der Waals surface area contributed by atoms with Crippen molar-refractivity contribution in [3.8, 4) is 0 Å². The van der Waals surface area contributed by atoms with Gasteiger partial charge in [-0.05, 0) is 19.3 Å². The van der Waals surface area contributed by atoms with Gasteiger partial charge < -0.3 is 19.5 Å². The molecule has 1 saturated heterocycles. The molecule has 0 bridgehead atoms. The van der Waals surface area contributed by atoms with E-state index < -0.39 is 24.0 Å². The van der Waals surface area contributed by atoms with Gasteiger partial charge in [-0.15, -0.1) is 0 Å². The maximum absolute atomic E-state index is 12.4. The summed E-state index contributed by atoms with van der Waals surface area (Å²) in [5, 5.41) is 8.96. The van der Waals surface area contributed by atoms with E-state index in [0.29, 0.717) is 32.4 Å². The molecule has 2 fully saturated rings. The summed E-state index contributed by atoms with van der Waals surface area (Å²) in [6.07, 6.45) is 0.774. The number of carboxylic acids is 1. The normalized spacial score (nSPS) is 30.1. The Labute approximate surface area is 116 Å². The van der Waals surface area contributed by atoms with E-state index in [-0.39, 0.29) is 18.4 Å². The average Bonchev–Trinajstić information content (AvgIpc) is 2.95. The van der Waals surface area contributed by atoms with Crippen LogP contribution in [0.3, 0.4) is 0 Å². The summed E-state index contributed by atoms with van der Waals surface area (Å²) >= 11 is 0. The van der Waals surface area contributed by atoms with Crippen molar-refractivity contribution < 1.29 is 29.0 Å². The van der Waals surface area contributed by atoms with Crippen LogP contribution in [0.2, 0.25) is 0 Å². The molecule has 0 aromatic rings. The van der Waals surface area contributed by atoms with E-state index in [4.69, 9.17) is 9.84 Å². The van der Waals surface area contributed by atoms with E-state index in [1.165, 1.54) is 7.11 Å². The van der Waals surface area contributed by atoms with Crippen LogP contribution in [-0.2, 0) is 23.9 Å². The summed E-state index contributed by atoms with van der Waals surface area (Å²) < 4.78 is 9.88. The van der Waals surface area contributed by atoms with Gasteiger partial charge >= 0.3 is 11.9 Å². The Kier molecular flexibility index (Phi) is 4.59. The molecule has 1 amide bonds. The first-order chi connectivity index (χ1) is 9.52. The van der Waals surface area contributed by atoms with Gasteiger partial charge in [0.05, 0.1) is 26.2 Å². The number of carbonyl (C=O) groups is 3. The summed E-state index contributed by atoms with van der Waals surface area (Å²) in [4.78, 5) is 36.3. The van der Waals surface area contributed by atoms with Crippen LogP contribution in [0.25, 0.3) is 0 Å². The van der Waals surface area contributed by atoms with Crippen LogP contribution in [-0.4, -0.2) is 60.8 Å². The van der Waals surface area contributed by atoms with Crippen LogP contribution >= 0.6 is 0 Å². The zero-order chi connectivity index (χ0) is 14.7. The Balaban J connectivity index is 1.92. The Morgan fingerprint density at radius 1 is 1.25 bits per heavy atom. The molecule has 2 rings (SSSR count). The van der Waals surface area contributed by atoms with E-state index in [2.05, 4.69) is 4.74 Å². The molecule has 1 saturated carbocycles. The zero-order valence-electron chi connectivity index (χ0n) is 11.4. The number of amides is 1. The lowest BCUT2D eigenvalue weighted by atomic mass is 10.0. The Hall–Kier alpha value is -1.63. The molecule has 1 aliphatic heterocycles. The van der Waals surface area contributed by atoms with Gasteiger partial charge in [-0.3, -0.25) is 9.59 Å². The highest BCUT2D eigenvalue weighted by molar-refractivity contribution is 5.82. The maximum atomic E-state index is 12.4. The summed E-state index contributed by atoms with van der Waals surface area (Å²) in [7, 11) is 1.28. The van der Waals surface area contributed by atoms with Gasteiger partial charge in [0.1, 0.15) is 0 Å². The molecular weight excluding hydrogens is 266 g/mol. The second-order valence-electron chi connectivity index (χ2n) is 5.21. The van der Waals surface area contributed by atoms with Gasteiger partial charge in [0.2, 0.25) is 5.91 Å². The summed E-state index contributed by atoms with van der Waals surface area (Å²) in [6.45, 7) is 0.904. The van der Waals surface area contributed by atoms with Crippen molar-refractivity contribution in [3.63, 3.8) is 0 Å². The van der Waals surface area contributed by atoms with Crippen molar-refractivity contribution in [3.05, 3.63) is 0 Å². The molecule has 3 atom stereocenters. The van der Waals surface area contributed by atoms with Gasteiger partial charge in [0.15, 0.2) is 6.10 Å². The van der Waals surface area contributed by atoms with Gasteiger partial charge in [-0.2, -0.15) is 0 Å². The van der Waals surface area contributed by atoms with Gasteiger partial charge in [0.25, 0.3) is 0 Å². The predicted molar refractivity (Wildman–Crippen MR) is 66.8 cm³/mol. The number of rotatable bonds is 3. The van der Waals surface area contributed by atoms with Crippen LogP contribution < -0.4 is 0 Å². The fourth-order valence-electron chi connectivity index (χ4n) is 2.81. The van der Waals surface area contributed by atoms with Crippen LogP contribution in [0, 0.1) is 11.8 Å². The monoisotopic (exact) mass is 285 g/mol. The van der Waals surface area contributed by atoms with Gasteiger partial charge in [0, 0.05) is 12.5 Å². The lowest BCUT2D eigenvalue weighted by Gasteiger charge is -2.33. The molecule has 7 heteroatoms. The number of nitrogens with zero attached hydrogens (tertiary/aromatic N) is 1. The molecule has 1 aliphatic carbocycles. The fourth-order valence-corrected chi connectivity index (χ4v) is 2.81. The number of esters is 1. The van der Waals surface area contributed by atoms with E-state index in [9.17, 15) is 14.4 Å². The third-order valence-electron chi connectivity index (χ3n) is 3.97. The predicted octanol–water partition coefficient (Wildman–Crippen LogP) is -0.112. The number of hydrogen-bond donors (Lipinski definition) is 1. The highest BCUT2D eigenvalue weighted by Crippen LogP contribution is 2.32. The van der Waals surface area contributed by atoms with Crippen LogP contribution in [0.1, 0.15) is 19.3 Å². The number of hydrogen-bond acceptors (Lipinski definition) is 5. The van der Waals surface area contributed by atoms with Crippen molar-refractivity contribution in [2.45, 2.75) is 25.4 Å². The summed E-state index contributed by atoms with van der Waals surface area (Å²) in [6, 6.07) is 0. The average molecular weight is 285 g/mol. The SMILES string of the molecule is COC(=O)C1CN(C(=O)[C@@H]2CC[C@H](C(=O)O)C2)CCO1. The lowest BCUT2D eigenvalue weighted by Crippen LogP contribution is -2.50. The quantitative estimate of drug-likeness (QED) is 0.727. The Morgan fingerprint density at radius 3 is 2.55 bits per heavy atom. The molecule has 0 radical (unpaired) electrons. The standard InChI is InChI=1S/C13H19NO6/c1-19-13(18)10-7-14(4-5-20-10)11(15)8-2-3-9(6-8)12(16)17/h8-10H,2-7H2,1H3,(H,16,17)/t8-,9+,10?/m1/s1. The molecule has 2 aliphatic rings. The van der Waals surface area contributed by atoms with Crippen LogP contribution in [0.15, 0.2) is 0 Å². The number of ether oxygens (including phenoxy) is 2. The second kappa shape index (κ2) is 6.21.